The van der Waals surface area contributed by atoms with Gasteiger partial charge in [0.15, 0.2) is 10.8 Å². The maximum Gasteiger partial charge on any atom is 0.357 e. The van der Waals surface area contributed by atoms with Gasteiger partial charge in [-0.05, 0) is 19.3 Å². The number of aromatic nitrogens is 1. The molecule has 0 bridgehead atoms. The van der Waals surface area contributed by atoms with Crippen molar-refractivity contribution < 1.29 is 14.3 Å². The number of esters is 1. The van der Waals surface area contributed by atoms with Crippen LogP contribution < -0.4 is 5.32 Å². The first-order chi connectivity index (χ1) is 8.24. The Bertz CT molecular complexity index is 394. The Balaban J connectivity index is 1.99. The largest absolute Gasteiger partial charge is 0.464 e. The molecule has 1 aliphatic carbocycles. The molecule has 1 aliphatic rings. The van der Waals surface area contributed by atoms with E-state index in [0.29, 0.717) is 5.69 Å². The van der Waals surface area contributed by atoms with E-state index in [-0.39, 0.29) is 12.1 Å². The minimum absolute atomic E-state index is 0.237. The van der Waals surface area contributed by atoms with Crippen LogP contribution in [0.4, 0.5) is 5.13 Å². The van der Waals surface area contributed by atoms with Gasteiger partial charge in [0.2, 0.25) is 0 Å². The predicted molar refractivity (Wildman–Crippen MR) is 65.5 cm³/mol. The fraction of sp³-hybridized carbons (Fsp3) is 0.636. The molecule has 0 spiro atoms. The third kappa shape index (κ3) is 2.76. The zero-order valence-corrected chi connectivity index (χ0v) is 10.8. The van der Waals surface area contributed by atoms with Gasteiger partial charge in [-0.3, -0.25) is 0 Å². The molecule has 0 aromatic carbocycles. The lowest BCUT2D eigenvalue weighted by atomic mass is 10.2. The van der Waals surface area contributed by atoms with Crippen LogP contribution >= 0.6 is 11.3 Å². The summed E-state index contributed by atoms with van der Waals surface area (Å²) in [5.74, 6) is -0.399. The van der Waals surface area contributed by atoms with Crippen LogP contribution in [0.25, 0.3) is 0 Å². The highest BCUT2D eigenvalue weighted by atomic mass is 32.1. The summed E-state index contributed by atoms with van der Waals surface area (Å²) in [4.78, 5) is 15.4. The number of carbonyl (C=O) groups excluding carboxylic acids is 1. The molecule has 1 fully saturated rings. The van der Waals surface area contributed by atoms with Crippen LogP contribution in [0.1, 0.15) is 29.8 Å². The molecular formula is C11H16N2O3S. The monoisotopic (exact) mass is 256 g/mol. The molecule has 1 N–H and O–H groups in total. The number of ether oxygens (including phenoxy) is 2. The Morgan fingerprint density at radius 1 is 1.53 bits per heavy atom. The highest BCUT2D eigenvalue weighted by Gasteiger charge is 2.27. The maximum atomic E-state index is 11.3. The Morgan fingerprint density at radius 3 is 3.06 bits per heavy atom. The average Bonchev–Trinajstić information content (AvgIpc) is 2.97. The SMILES string of the molecule is COC(=O)c1csc(NC2CCCC2OC)n1. The molecule has 94 valence electrons. The zero-order valence-electron chi connectivity index (χ0n) is 9.93. The van der Waals surface area contributed by atoms with E-state index in [4.69, 9.17) is 4.74 Å². The van der Waals surface area contributed by atoms with E-state index in [1.54, 1.807) is 12.5 Å². The highest BCUT2D eigenvalue weighted by Crippen LogP contribution is 2.26. The lowest BCUT2D eigenvalue weighted by molar-refractivity contribution is 0.0595. The van der Waals surface area contributed by atoms with E-state index in [9.17, 15) is 4.79 Å². The fourth-order valence-corrected chi connectivity index (χ4v) is 2.81. The normalized spacial score (nSPS) is 23.6. The van der Waals surface area contributed by atoms with E-state index in [2.05, 4.69) is 15.0 Å². The van der Waals surface area contributed by atoms with Gasteiger partial charge in [0.25, 0.3) is 0 Å². The molecule has 6 heteroatoms. The number of hydrogen-bond acceptors (Lipinski definition) is 6. The smallest absolute Gasteiger partial charge is 0.357 e. The van der Waals surface area contributed by atoms with Crippen molar-refractivity contribution in [3.8, 4) is 0 Å². The molecule has 1 aromatic heterocycles. The Morgan fingerprint density at radius 2 is 2.35 bits per heavy atom. The second-order valence-electron chi connectivity index (χ2n) is 3.99. The maximum absolute atomic E-state index is 11.3. The van der Waals surface area contributed by atoms with Gasteiger partial charge in [-0.25, -0.2) is 9.78 Å². The van der Waals surface area contributed by atoms with Crippen molar-refractivity contribution >= 4 is 22.4 Å². The molecule has 1 saturated carbocycles. The number of anilines is 1. The van der Waals surface area contributed by atoms with Crippen LogP contribution in [0.2, 0.25) is 0 Å². The topological polar surface area (TPSA) is 60.5 Å². The van der Waals surface area contributed by atoms with Gasteiger partial charge in [-0.1, -0.05) is 0 Å². The molecule has 0 aliphatic heterocycles. The Hall–Kier alpha value is -1.14. The van der Waals surface area contributed by atoms with Crippen LogP contribution in [0.15, 0.2) is 5.38 Å². The molecule has 0 amide bonds. The second-order valence-corrected chi connectivity index (χ2v) is 4.84. The van der Waals surface area contributed by atoms with Crippen LogP contribution in [0, 0.1) is 0 Å². The number of carbonyl (C=O) groups is 1. The molecule has 1 heterocycles. The summed E-state index contributed by atoms with van der Waals surface area (Å²) in [5, 5.41) is 5.76. The number of hydrogen-bond donors (Lipinski definition) is 1. The van der Waals surface area contributed by atoms with Crippen LogP contribution in [-0.4, -0.2) is 37.3 Å². The van der Waals surface area contributed by atoms with E-state index in [1.165, 1.54) is 18.4 Å². The Kier molecular flexibility index (Phi) is 3.96. The number of nitrogens with one attached hydrogen (secondary N) is 1. The first-order valence-electron chi connectivity index (χ1n) is 5.57. The predicted octanol–water partition coefficient (Wildman–Crippen LogP) is 1.91. The number of rotatable bonds is 4. The van der Waals surface area contributed by atoms with Gasteiger partial charge >= 0.3 is 5.97 Å². The molecule has 2 unspecified atom stereocenters. The van der Waals surface area contributed by atoms with Crippen molar-refractivity contribution in [2.75, 3.05) is 19.5 Å². The minimum atomic E-state index is -0.399. The quantitative estimate of drug-likeness (QED) is 0.834. The van der Waals surface area contributed by atoms with Gasteiger partial charge in [0, 0.05) is 12.5 Å². The van der Waals surface area contributed by atoms with E-state index >= 15 is 0 Å². The van der Waals surface area contributed by atoms with Crippen LogP contribution in [0.3, 0.4) is 0 Å². The van der Waals surface area contributed by atoms with Crippen molar-refractivity contribution in [1.82, 2.24) is 4.98 Å². The van der Waals surface area contributed by atoms with Crippen molar-refractivity contribution in [2.24, 2.45) is 0 Å². The van der Waals surface area contributed by atoms with E-state index < -0.39 is 5.97 Å². The Labute approximate surface area is 104 Å². The van der Waals surface area contributed by atoms with Gasteiger partial charge in [0.1, 0.15) is 0 Å². The molecule has 2 rings (SSSR count). The summed E-state index contributed by atoms with van der Waals surface area (Å²) in [6.45, 7) is 0. The lowest BCUT2D eigenvalue weighted by Gasteiger charge is -2.18. The van der Waals surface area contributed by atoms with Crippen molar-refractivity contribution in [3.05, 3.63) is 11.1 Å². The molecule has 17 heavy (non-hydrogen) atoms. The molecule has 2 atom stereocenters. The standard InChI is InChI=1S/C11H16N2O3S/c1-15-9-5-3-4-7(9)12-11-13-8(6-17-11)10(14)16-2/h6-7,9H,3-5H2,1-2H3,(H,12,13). The summed E-state index contributed by atoms with van der Waals surface area (Å²) in [7, 11) is 3.08. The molecule has 5 nitrogen and oxygen atoms in total. The van der Waals surface area contributed by atoms with Crippen molar-refractivity contribution in [2.45, 2.75) is 31.4 Å². The summed E-state index contributed by atoms with van der Waals surface area (Å²) >= 11 is 1.41. The number of thiazole rings is 1. The molecule has 0 saturated heterocycles. The highest BCUT2D eigenvalue weighted by molar-refractivity contribution is 7.13. The van der Waals surface area contributed by atoms with E-state index in [1.807, 2.05) is 0 Å². The lowest BCUT2D eigenvalue weighted by Crippen LogP contribution is -2.29. The van der Waals surface area contributed by atoms with Crippen LogP contribution in [0.5, 0.6) is 0 Å². The third-order valence-electron chi connectivity index (χ3n) is 2.96. The molecular weight excluding hydrogens is 240 g/mol. The molecule has 1 aromatic rings. The fourth-order valence-electron chi connectivity index (χ4n) is 2.07. The summed E-state index contributed by atoms with van der Waals surface area (Å²) in [6.07, 6.45) is 3.54. The van der Waals surface area contributed by atoms with Crippen molar-refractivity contribution in [3.63, 3.8) is 0 Å². The third-order valence-corrected chi connectivity index (χ3v) is 3.74. The second kappa shape index (κ2) is 5.46. The zero-order chi connectivity index (χ0) is 12.3. The van der Waals surface area contributed by atoms with Crippen molar-refractivity contribution in [1.29, 1.82) is 0 Å². The first kappa shape index (κ1) is 12.3. The number of methoxy groups -OCH3 is 2. The van der Waals surface area contributed by atoms with Gasteiger partial charge in [0.05, 0.1) is 19.3 Å². The summed E-state index contributed by atoms with van der Waals surface area (Å²) in [6, 6.07) is 0.289. The molecule has 0 radical (unpaired) electrons. The minimum Gasteiger partial charge on any atom is -0.464 e. The van der Waals surface area contributed by atoms with Gasteiger partial charge < -0.3 is 14.8 Å². The summed E-state index contributed by atoms with van der Waals surface area (Å²) in [5.41, 5.74) is 0.354. The average molecular weight is 256 g/mol. The van der Waals surface area contributed by atoms with Gasteiger partial charge in [-0.15, -0.1) is 11.3 Å². The first-order valence-corrected chi connectivity index (χ1v) is 6.45. The van der Waals surface area contributed by atoms with Crippen LogP contribution in [-0.2, 0) is 9.47 Å². The summed E-state index contributed by atoms with van der Waals surface area (Å²) < 4.78 is 10.0. The number of nitrogens with zero attached hydrogens (tertiary/aromatic N) is 1. The van der Waals surface area contributed by atoms with E-state index in [0.717, 1.165) is 24.4 Å². The van der Waals surface area contributed by atoms with Gasteiger partial charge in [-0.2, -0.15) is 0 Å².